The molecule has 0 spiro atoms. The van der Waals surface area contributed by atoms with Crippen molar-refractivity contribution in [3.05, 3.63) is 34.2 Å². The molecule has 1 atom stereocenters. The van der Waals surface area contributed by atoms with Crippen molar-refractivity contribution < 1.29 is 14.1 Å². The molecule has 0 aromatic carbocycles. The molecule has 0 saturated carbocycles. The second-order valence-corrected chi connectivity index (χ2v) is 6.37. The molecule has 1 unspecified atom stereocenters. The second-order valence-electron chi connectivity index (χ2n) is 5.34. The minimum atomic E-state index is -0.427. The number of carbonyl (C=O) groups is 2. The Hall–Kier alpha value is -2.15. The maximum atomic E-state index is 12.4. The standard InChI is InChI=1S/C15H17N3O3S/c1-10-9-21-17-14(10)16-15(20)12-5-2-6-18(12)13(19)8-11-4-3-7-22-11/h3-4,7,9,12H,2,5-6,8H2,1H3,(H,16,17,20). The van der Waals surface area contributed by atoms with Crippen molar-refractivity contribution >= 4 is 29.0 Å². The SMILES string of the molecule is Cc1conc1NC(=O)C1CCCN1C(=O)Cc1cccs1. The fourth-order valence-electron chi connectivity index (χ4n) is 2.61. The molecule has 1 N–H and O–H groups in total. The first-order valence-electron chi connectivity index (χ1n) is 7.19. The van der Waals surface area contributed by atoms with Crippen LogP contribution in [0.5, 0.6) is 0 Å². The summed E-state index contributed by atoms with van der Waals surface area (Å²) in [4.78, 5) is 27.5. The van der Waals surface area contributed by atoms with Gasteiger partial charge in [0.2, 0.25) is 11.8 Å². The highest BCUT2D eigenvalue weighted by molar-refractivity contribution is 7.10. The van der Waals surface area contributed by atoms with Gasteiger partial charge in [-0.25, -0.2) is 0 Å². The fourth-order valence-corrected chi connectivity index (χ4v) is 3.30. The van der Waals surface area contributed by atoms with Gasteiger partial charge in [-0.05, 0) is 31.2 Å². The molecule has 2 aromatic heterocycles. The summed E-state index contributed by atoms with van der Waals surface area (Å²) in [5, 5.41) is 8.44. The second kappa shape index (κ2) is 6.31. The Balaban J connectivity index is 1.66. The lowest BCUT2D eigenvalue weighted by atomic mass is 10.2. The maximum Gasteiger partial charge on any atom is 0.248 e. The highest BCUT2D eigenvalue weighted by Gasteiger charge is 2.34. The number of aryl methyl sites for hydroxylation is 1. The first-order valence-corrected chi connectivity index (χ1v) is 8.07. The van der Waals surface area contributed by atoms with Crippen molar-refractivity contribution in [2.24, 2.45) is 0 Å². The Morgan fingerprint density at radius 1 is 1.55 bits per heavy atom. The van der Waals surface area contributed by atoms with Crippen molar-refractivity contribution in [3.8, 4) is 0 Å². The number of likely N-dealkylation sites (tertiary alicyclic amines) is 1. The number of hydrogen-bond donors (Lipinski definition) is 1. The van der Waals surface area contributed by atoms with E-state index in [0.717, 1.165) is 16.9 Å². The molecule has 2 amide bonds. The van der Waals surface area contributed by atoms with Gasteiger partial charge in [-0.1, -0.05) is 11.2 Å². The number of hydrogen-bond acceptors (Lipinski definition) is 5. The lowest BCUT2D eigenvalue weighted by Crippen LogP contribution is -2.43. The molecule has 0 aliphatic carbocycles. The van der Waals surface area contributed by atoms with Crippen molar-refractivity contribution in [2.45, 2.75) is 32.2 Å². The number of carbonyl (C=O) groups excluding carboxylic acids is 2. The van der Waals surface area contributed by atoms with Gasteiger partial charge in [0.05, 0.1) is 6.42 Å². The monoisotopic (exact) mass is 319 g/mol. The van der Waals surface area contributed by atoms with Gasteiger partial charge >= 0.3 is 0 Å². The third-order valence-electron chi connectivity index (χ3n) is 3.77. The third-order valence-corrected chi connectivity index (χ3v) is 4.65. The summed E-state index contributed by atoms with van der Waals surface area (Å²) in [6.07, 6.45) is 3.35. The number of nitrogens with zero attached hydrogens (tertiary/aromatic N) is 2. The predicted molar refractivity (Wildman–Crippen MR) is 82.6 cm³/mol. The van der Waals surface area contributed by atoms with Crippen LogP contribution >= 0.6 is 11.3 Å². The highest BCUT2D eigenvalue weighted by Crippen LogP contribution is 2.22. The average molecular weight is 319 g/mol. The largest absolute Gasteiger partial charge is 0.362 e. The van der Waals surface area contributed by atoms with Gasteiger partial charge < -0.3 is 14.7 Å². The smallest absolute Gasteiger partial charge is 0.248 e. The Morgan fingerprint density at radius 3 is 3.09 bits per heavy atom. The zero-order valence-electron chi connectivity index (χ0n) is 12.2. The molecule has 2 aromatic rings. The Morgan fingerprint density at radius 2 is 2.41 bits per heavy atom. The van der Waals surface area contributed by atoms with Crippen LogP contribution in [0.3, 0.4) is 0 Å². The van der Waals surface area contributed by atoms with E-state index in [2.05, 4.69) is 10.5 Å². The van der Waals surface area contributed by atoms with Crippen LogP contribution in [0.1, 0.15) is 23.3 Å². The number of aromatic nitrogens is 1. The van der Waals surface area contributed by atoms with E-state index >= 15 is 0 Å². The molecule has 0 radical (unpaired) electrons. The van der Waals surface area contributed by atoms with Gasteiger partial charge in [-0.3, -0.25) is 9.59 Å². The maximum absolute atomic E-state index is 12.4. The van der Waals surface area contributed by atoms with Crippen LogP contribution in [-0.4, -0.2) is 34.5 Å². The van der Waals surface area contributed by atoms with E-state index in [1.54, 1.807) is 23.2 Å². The average Bonchev–Trinajstić information content (AvgIpc) is 3.21. The third kappa shape index (κ3) is 3.04. The molecule has 1 saturated heterocycles. The molecular formula is C15H17N3O3S. The normalized spacial score (nSPS) is 17.7. The number of amides is 2. The molecular weight excluding hydrogens is 302 g/mol. The quantitative estimate of drug-likeness (QED) is 0.937. The van der Waals surface area contributed by atoms with Gasteiger partial charge in [0.15, 0.2) is 5.82 Å². The van der Waals surface area contributed by atoms with E-state index < -0.39 is 6.04 Å². The summed E-state index contributed by atoms with van der Waals surface area (Å²) >= 11 is 1.55. The number of rotatable bonds is 4. The van der Waals surface area contributed by atoms with Crippen LogP contribution in [-0.2, 0) is 16.0 Å². The molecule has 1 fully saturated rings. The molecule has 6 nitrogen and oxygen atoms in total. The van der Waals surface area contributed by atoms with Crippen LogP contribution in [0.4, 0.5) is 5.82 Å². The van der Waals surface area contributed by atoms with E-state index in [1.165, 1.54) is 6.26 Å². The lowest BCUT2D eigenvalue weighted by Gasteiger charge is -2.23. The van der Waals surface area contributed by atoms with Crippen LogP contribution in [0.2, 0.25) is 0 Å². The number of nitrogens with one attached hydrogen (secondary N) is 1. The topological polar surface area (TPSA) is 75.4 Å². The summed E-state index contributed by atoms with van der Waals surface area (Å²) < 4.78 is 4.81. The molecule has 3 rings (SSSR count). The molecule has 0 bridgehead atoms. The van der Waals surface area contributed by atoms with E-state index in [0.29, 0.717) is 25.2 Å². The van der Waals surface area contributed by atoms with Crippen LogP contribution in [0, 0.1) is 6.92 Å². The number of anilines is 1. The van der Waals surface area contributed by atoms with E-state index in [4.69, 9.17) is 4.52 Å². The van der Waals surface area contributed by atoms with Crippen LogP contribution in [0.25, 0.3) is 0 Å². The molecule has 116 valence electrons. The molecule has 22 heavy (non-hydrogen) atoms. The van der Waals surface area contributed by atoms with Gasteiger partial charge in [-0.15, -0.1) is 11.3 Å². The zero-order valence-corrected chi connectivity index (χ0v) is 13.1. The van der Waals surface area contributed by atoms with Crippen LogP contribution < -0.4 is 5.32 Å². The summed E-state index contributed by atoms with van der Waals surface area (Å²) in [6, 6.07) is 3.44. The Kier molecular flexibility index (Phi) is 4.24. The summed E-state index contributed by atoms with van der Waals surface area (Å²) in [6.45, 7) is 2.43. The van der Waals surface area contributed by atoms with Crippen molar-refractivity contribution in [1.82, 2.24) is 10.1 Å². The van der Waals surface area contributed by atoms with E-state index in [1.807, 2.05) is 17.5 Å². The molecule has 3 heterocycles. The summed E-state index contributed by atoms with van der Waals surface area (Å²) in [7, 11) is 0. The van der Waals surface area contributed by atoms with E-state index in [9.17, 15) is 9.59 Å². The minimum absolute atomic E-state index is 0.00280. The first-order chi connectivity index (χ1) is 10.6. The Labute approximate surface area is 132 Å². The predicted octanol–water partition coefficient (Wildman–Crippen LogP) is 2.22. The lowest BCUT2D eigenvalue weighted by molar-refractivity contribution is -0.136. The van der Waals surface area contributed by atoms with Crippen molar-refractivity contribution in [3.63, 3.8) is 0 Å². The summed E-state index contributed by atoms with van der Waals surface area (Å²) in [5.41, 5.74) is 0.766. The highest BCUT2D eigenvalue weighted by atomic mass is 32.1. The zero-order chi connectivity index (χ0) is 15.5. The van der Waals surface area contributed by atoms with Crippen molar-refractivity contribution in [2.75, 3.05) is 11.9 Å². The minimum Gasteiger partial charge on any atom is -0.362 e. The van der Waals surface area contributed by atoms with E-state index in [-0.39, 0.29) is 11.8 Å². The first kappa shape index (κ1) is 14.8. The van der Waals surface area contributed by atoms with Gasteiger partial charge in [0.25, 0.3) is 0 Å². The molecule has 1 aliphatic heterocycles. The Bertz CT molecular complexity index is 665. The summed E-state index contributed by atoms with van der Waals surface area (Å²) in [5.74, 6) is 0.216. The van der Waals surface area contributed by atoms with Crippen LogP contribution in [0.15, 0.2) is 28.3 Å². The fraction of sp³-hybridized carbons (Fsp3) is 0.400. The molecule has 7 heteroatoms. The van der Waals surface area contributed by atoms with Crippen molar-refractivity contribution in [1.29, 1.82) is 0 Å². The van der Waals surface area contributed by atoms with Gasteiger partial charge in [0.1, 0.15) is 12.3 Å². The number of thiophene rings is 1. The van der Waals surface area contributed by atoms with Gasteiger partial charge in [0, 0.05) is 17.0 Å². The van der Waals surface area contributed by atoms with Gasteiger partial charge in [-0.2, -0.15) is 0 Å². The molecule has 1 aliphatic rings.